The molecule has 1 unspecified atom stereocenters. The zero-order chi connectivity index (χ0) is 12.8. The van der Waals surface area contributed by atoms with E-state index >= 15 is 0 Å². The van der Waals surface area contributed by atoms with Gasteiger partial charge in [-0.15, -0.1) is 0 Å². The van der Waals surface area contributed by atoms with E-state index in [0.29, 0.717) is 13.2 Å². The Morgan fingerprint density at radius 1 is 1.29 bits per heavy atom. The minimum Gasteiger partial charge on any atom is -0.383 e. The van der Waals surface area contributed by atoms with Crippen LogP contribution in [0, 0.1) is 5.82 Å². The molecule has 0 spiro atoms. The van der Waals surface area contributed by atoms with Crippen molar-refractivity contribution in [2.45, 2.75) is 26.2 Å². The first-order valence-corrected chi connectivity index (χ1v) is 5.84. The Kier molecular flexibility index (Phi) is 5.85. The third kappa shape index (κ3) is 3.92. The molecule has 1 aromatic rings. The zero-order valence-corrected chi connectivity index (χ0v) is 10.6. The van der Waals surface area contributed by atoms with Crippen LogP contribution >= 0.6 is 11.6 Å². The van der Waals surface area contributed by atoms with E-state index in [0.717, 1.165) is 6.07 Å². The summed E-state index contributed by atoms with van der Waals surface area (Å²) in [6, 6.07) is 4.08. The molecule has 0 bridgehead atoms. The second kappa shape index (κ2) is 6.91. The fraction of sp³-hybridized carbons (Fsp3) is 0.500. The van der Waals surface area contributed by atoms with E-state index < -0.39 is 18.2 Å². The number of aliphatic hydroxyl groups is 1. The Morgan fingerprint density at radius 3 is 2.35 bits per heavy atom. The number of benzene rings is 1. The molecule has 96 valence electrons. The average molecular weight is 263 g/mol. The summed E-state index contributed by atoms with van der Waals surface area (Å²) in [7, 11) is 0. The van der Waals surface area contributed by atoms with Gasteiger partial charge in [0.25, 0.3) is 0 Å². The zero-order valence-electron chi connectivity index (χ0n) is 9.82. The number of halogens is 2. The second-order valence-electron chi connectivity index (χ2n) is 3.39. The van der Waals surface area contributed by atoms with Crippen LogP contribution in [0.15, 0.2) is 18.2 Å². The fourth-order valence-electron chi connectivity index (χ4n) is 1.45. The first kappa shape index (κ1) is 14.4. The van der Waals surface area contributed by atoms with Crippen molar-refractivity contribution in [2.24, 2.45) is 0 Å². The Balaban J connectivity index is 2.88. The Hall–Kier alpha value is -0.680. The van der Waals surface area contributed by atoms with E-state index in [1.165, 1.54) is 12.1 Å². The van der Waals surface area contributed by atoms with Crippen LogP contribution in [0.25, 0.3) is 0 Å². The van der Waals surface area contributed by atoms with Crippen molar-refractivity contribution in [1.82, 2.24) is 0 Å². The highest BCUT2D eigenvalue weighted by atomic mass is 35.5. The van der Waals surface area contributed by atoms with E-state index in [1.54, 1.807) is 13.8 Å². The molecule has 0 saturated heterocycles. The van der Waals surface area contributed by atoms with Crippen LogP contribution in [0.2, 0.25) is 5.02 Å². The molecular weight excluding hydrogens is 247 g/mol. The molecule has 17 heavy (non-hydrogen) atoms. The largest absolute Gasteiger partial charge is 0.383 e. The van der Waals surface area contributed by atoms with Crippen LogP contribution in [-0.4, -0.2) is 24.6 Å². The highest BCUT2D eigenvalue weighted by Gasteiger charge is 2.24. The van der Waals surface area contributed by atoms with Gasteiger partial charge in [0.2, 0.25) is 0 Å². The van der Waals surface area contributed by atoms with E-state index in [4.69, 9.17) is 21.1 Å². The molecule has 3 nitrogen and oxygen atoms in total. The minimum absolute atomic E-state index is 0.112. The van der Waals surface area contributed by atoms with Gasteiger partial charge in [-0.3, -0.25) is 0 Å². The molecule has 1 aromatic carbocycles. The normalized spacial score (nSPS) is 13.1. The molecule has 1 N–H and O–H groups in total. The molecular formula is C12H16ClFO3. The lowest BCUT2D eigenvalue weighted by molar-refractivity contribution is -0.192. The summed E-state index contributed by atoms with van der Waals surface area (Å²) in [5.74, 6) is -0.575. The lowest BCUT2D eigenvalue weighted by atomic mass is 10.1. The standard InChI is InChI=1S/C12H16ClFO3/c1-3-16-12(17-4-2)11(15)9-6-5-8(13)7-10(9)14/h5-7,11-12,15H,3-4H2,1-2H3. The molecule has 0 amide bonds. The van der Waals surface area contributed by atoms with Gasteiger partial charge in [0.15, 0.2) is 6.29 Å². The topological polar surface area (TPSA) is 38.7 Å². The fourth-order valence-corrected chi connectivity index (χ4v) is 1.61. The predicted molar refractivity (Wildman–Crippen MR) is 63.4 cm³/mol. The van der Waals surface area contributed by atoms with Gasteiger partial charge in [0.1, 0.15) is 11.9 Å². The molecule has 0 saturated carbocycles. The molecule has 0 aliphatic heterocycles. The van der Waals surface area contributed by atoms with E-state index in [9.17, 15) is 9.50 Å². The van der Waals surface area contributed by atoms with Crippen molar-refractivity contribution >= 4 is 11.6 Å². The average Bonchev–Trinajstić information content (AvgIpc) is 2.28. The summed E-state index contributed by atoms with van der Waals surface area (Å²) in [4.78, 5) is 0. The smallest absolute Gasteiger partial charge is 0.187 e. The molecule has 5 heteroatoms. The van der Waals surface area contributed by atoms with E-state index in [2.05, 4.69) is 0 Å². The lowest BCUT2D eigenvalue weighted by Gasteiger charge is -2.23. The number of aliphatic hydroxyl groups excluding tert-OH is 1. The molecule has 0 heterocycles. The third-order valence-corrected chi connectivity index (χ3v) is 2.44. The van der Waals surface area contributed by atoms with Crippen LogP contribution in [0.4, 0.5) is 4.39 Å². The van der Waals surface area contributed by atoms with Crippen molar-refractivity contribution in [1.29, 1.82) is 0 Å². The van der Waals surface area contributed by atoms with Crippen molar-refractivity contribution in [3.63, 3.8) is 0 Å². The lowest BCUT2D eigenvalue weighted by Crippen LogP contribution is -2.26. The van der Waals surface area contributed by atoms with Crippen molar-refractivity contribution in [3.05, 3.63) is 34.6 Å². The van der Waals surface area contributed by atoms with E-state index in [-0.39, 0.29) is 10.6 Å². The highest BCUT2D eigenvalue weighted by molar-refractivity contribution is 6.30. The summed E-state index contributed by atoms with van der Waals surface area (Å²) in [6.45, 7) is 4.29. The van der Waals surface area contributed by atoms with Crippen molar-refractivity contribution in [3.8, 4) is 0 Å². The van der Waals surface area contributed by atoms with Crippen LogP contribution in [0.3, 0.4) is 0 Å². The SMILES string of the molecule is CCOC(OCC)C(O)c1ccc(Cl)cc1F. The number of hydrogen-bond acceptors (Lipinski definition) is 3. The maximum atomic E-state index is 13.6. The number of hydrogen-bond donors (Lipinski definition) is 1. The van der Waals surface area contributed by atoms with Gasteiger partial charge in [-0.05, 0) is 26.0 Å². The Morgan fingerprint density at radius 2 is 1.88 bits per heavy atom. The number of rotatable bonds is 6. The van der Waals surface area contributed by atoms with Gasteiger partial charge in [-0.25, -0.2) is 4.39 Å². The quantitative estimate of drug-likeness (QED) is 0.801. The molecule has 0 aromatic heterocycles. The van der Waals surface area contributed by atoms with Crippen LogP contribution in [-0.2, 0) is 9.47 Å². The first-order chi connectivity index (χ1) is 8.10. The van der Waals surface area contributed by atoms with Crippen LogP contribution in [0.1, 0.15) is 25.5 Å². The molecule has 0 fully saturated rings. The summed E-state index contributed by atoms with van der Waals surface area (Å²) < 4.78 is 24.0. The summed E-state index contributed by atoms with van der Waals surface area (Å²) in [5.41, 5.74) is 0.112. The molecule has 1 rings (SSSR count). The monoisotopic (exact) mass is 262 g/mol. The second-order valence-corrected chi connectivity index (χ2v) is 3.83. The first-order valence-electron chi connectivity index (χ1n) is 5.46. The van der Waals surface area contributed by atoms with Crippen molar-refractivity contribution in [2.75, 3.05) is 13.2 Å². The number of ether oxygens (including phenoxy) is 2. The van der Waals surface area contributed by atoms with Gasteiger partial charge in [0.05, 0.1) is 0 Å². The van der Waals surface area contributed by atoms with Gasteiger partial charge in [-0.2, -0.15) is 0 Å². The van der Waals surface area contributed by atoms with Gasteiger partial charge in [0, 0.05) is 23.8 Å². The molecule has 1 atom stereocenters. The van der Waals surface area contributed by atoms with E-state index in [1.807, 2.05) is 0 Å². The summed E-state index contributed by atoms with van der Waals surface area (Å²) >= 11 is 5.64. The summed E-state index contributed by atoms with van der Waals surface area (Å²) in [6.07, 6.45) is -2.05. The molecule has 0 aliphatic rings. The van der Waals surface area contributed by atoms with Gasteiger partial charge < -0.3 is 14.6 Å². The minimum atomic E-state index is -1.17. The van der Waals surface area contributed by atoms with Crippen LogP contribution in [0.5, 0.6) is 0 Å². The van der Waals surface area contributed by atoms with Gasteiger partial charge >= 0.3 is 0 Å². The maximum absolute atomic E-state index is 13.6. The summed E-state index contributed by atoms with van der Waals surface area (Å²) in [5, 5.41) is 10.3. The Labute approximate surface area is 105 Å². The maximum Gasteiger partial charge on any atom is 0.187 e. The van der Waals surface area contributed by atoms with Crippen LogP contribution < -0.4 is 0 Å². The van der Waals surface area contributed by atoms with Crippen molar-refractivity contribution < 1.29 is 19.0 Å². The predicted octanol–water partition coefficient (Wildman–Crippen LogP) is 2.91. The van der Waals surface area contributed by atoms with Gasteiger partial charge in [-0.1, -0.05) is 17.7 Å². The third-order valence-electron chi connectivity index (χ3n) is 2.20. The molecule has 0 aliphatic carbocycles. The molecule has 0 radical (unpaired) electrons. The Bertz CT molecular complexity index is 354. The highest BCUT2D eigenvalue weighted by Crippen LogP contribution is 2.25.